The van der Waals surface area contributed by atoms with Gasteiger partial charge in [-0.05, 0) is 30.4 Å². The summed E-state index contributed by atoms with van der Waals surface area (Å²) in [6.45, 7) is 1.54. The van der Waals surface area contributed by atoms with Crippen LogP contribution in [-0.2, 0) is 4.74 Å². The van der Waals surface area contributed by atoms with Crippen molar-refractivity contribution in [3.63, 3.8) is 0 Å². The minimum atomic E-state index is -2.76. The first kappa shape index (κ1) is 18.9. The number of anilines is 1. The molecule has 8 nitrogen and oxygen atoms in total. The molecule has 1 N–H and O–H groups in total. The van der Waals surface area contributed by atoms with E-state index in [-0.39, 0.29) is 17.4 Å². The lowest BCUT2D eigenvalue weighted by molar-refractivity contribution is 0.0887. The van der Waals surface area contributed by atoms with Crippen molar-refractivity contribution in [2.75, 3.05) is 25.6 Å². The number of hydrogen-bond acceptors (Lipinski definition) is 6. The van der Waals surface area contributed by atoms with Gasteiger partial charge in [0, 0.05) is 18.7 Å². The van der Waals surface area contributed by atoms with Crippen LogP contribution in [0.2, 0.25) is 0 Å². The summed E-state index contributed by atoms with van der Waals surface area (Å²) < 4.78 is 38.4. The average molecular weight is 415 g/mol. The first-order chi connectivity index (χ1) is 14.5. The number of carbonyl (C=O) groups excluding carboxylic acids is 1. The number of ether oxygens (including phenoxy) is 2. The molecule has 30 heavy (non-hydrogen) atoms. The van der Waals surface area contributed by atoms with Gasteiger partial charge in [0.05, 0.1) is 25.6 Å². The Kier molecular flexibility index (Phi) is 4.58. The Morgan fingerprint density at radius 3 is 2.87 bits per heavy atom. The predicted octanol–water partition coefficient (Wildman–Crippen LogP) is 3.07. The van der Waals surface area contributed by atoms with Gasteiger partial charge in [0.15, 0.2) is 5.82 Å². The maximum atomic E-state index is 12.9. The van der Waals surface area contributed by atoms with Gasteiger partial charge in [-0.15, -0.1) is 0 Å². The molecule has 1 amide bonds. The van der Waals surface area contributed by atoms with Crippen LogP contribution in [0.5, 0.6) is 5.88 Å². The fourth-order valence-corrected chi connectivity index (χ4v) is 4.17. The summed E-state index contributed by atoms with van der Waals surface area (Å²) in [7, 11) is 1.47. The van der Waals surface area contributed by atoms with E-state index in [1.807, 2.05) is 6.20 Å². The minimum absolute atomic E-state index is 0.123. The summed E-state index contributed by atoms with van der Waals surface area (Å²) in [5, 5.41) is 2.59. The van der Waals surface area contributed by atoms with Crippen LogP contribution in [0.1, 0.15) is 40.6 Å². The van der Waals surface area contributed by atoms with E-state index in [2.05, 4.69) is 15.3 Å². The van der Waals surface area contributed by atoms with Gasteiger partial charge in [-0.3, -0.25) is 9.20 Å². The van der Waals surface area contributed by atoms with Gasteiger partial charge < -0.3 is 14.8 Å². The number of pyridine rings is 1. The van der Waals surface area contributed by atoms with E-state index in [9.17, 15) is 13.6 Å². The van der Waals surface area contributed by atoms with Gasteiger partial charge in [0.2, 0.25) is 5.65 Å². The second-order valence-electron chi connectivity index (χ2n) is 7.45. The fourth-order valence-electron chi connectivity index (χ4n) is 4.17. The largest absolute Gasteiger partial charge is 0.478 e. The van der Waals surface area contributed by atoms with Crippen LogP contribution in [0.3, 0.4) is 0 Å². The summed E-state index contributed by atoms with van der Waals surface area (Å²) >= 11 is 0. The second kappa shape index (κ2) is 7.28. The molecule has 2 fully saturated rings. The van der Waals surface area contributed by atoms with Crippen LogP contribution >= 0.6 is 0 Å². The number of imidazole rings is 1. The highest BCUT2D eigenvalue weighted by molar-refractivity contribution is 6.02. The topological polar surface area (TPSA) is 90.6 Å². The van der Waals surface area contributed by atoms with E-state index in [1.165, 1.54) is 25.3 Å². The normalized spacial score (nSPS) is 22.7. The minimum Gasteiger partial charge on any atom is -0.478 e. The summed E-state index contributed by atoms with van der Waals surface area (Å²) in [6.07, 6.45) is 1.80. The van der Waals surface area contributed by atoms with Crippen LogP contribution in [0, 0.1) is 11.8 Å². The third kappa shape index (κ3) is 3.26. The van der Waals surface area contributed by atoms with Crippen molar-refractivity contribution < 1.29 is 23.0 Å². The summed E-state index contributed by atoms with van der Waals surface area (Å²) in [6, 6.07) is 3.90. The molecular weight excluding hydrogens is 396 g/mol. The number of aromatic nitrogens is 4. The van der Waals surface area contributed by atoms with Crippen molar-refractivity contribution in [1.29, 1.82) is 0 Å². The van der Waals surface area contributed by atoms with Crippen molar-refractivity contribution >= 4 is 17.4 Å². The number of amides is 1. The lowest BCUT2D eigenvalue weighted by Crippen LogP contribution is -2.16. The third-order valence-corrected chi connectivity index (χ3v) is 5.67. The number of alkyl halides is 2. The molecule has 0 spiro atoms. The molecule has 3 atom stereocenters. The third-order valence-electron chi connectivity index (χ3n) is 5.67. The Balaban J connectivity index is 1.42. The van der Waals surface area contributed by atoms with Crippen LogP contribution in [-0.4, -0.2) is 45.6 Å². The van der Waals surface area contributed by atoms with Crippen molar-refractivity contribution in [2.24, 2.45) is 11.8 Å². The molecule has 0 aromatic carbocycles. The molecule has 3 unspecified atom stereocenters. The molecule has 3 aromatic heterocycles. The molecule has 0 bridgehead atoms. The predicted molar refractivity (Wildman–Crippen MR) is 102 cm³/mol. The number of methoxy groups -OCH3 is 1. The molecule has 1 aliphatic heterocycles. The zero-order valence-corrected chi connectivity index (χ0v) is 16.1. The van der Waals surface area contributed by atoms with Crippen LogP contribution < -0.4 is 10.1 Å². The zero-order valence-electron chi connectivity index (χ0n) is 16.1. The smallest absolute Gasteiger partial charge is 0.280 e. The number of rotatable bonds is 5. The Hall–Kier alpha value is -3.14. The maximum Gasteiger partial charge on any atom is 0.280 e. The molecule has 10 heteroatoms. The molecule has 0 radical (unpaired) electrons. The maximum absolute atomic E-state index is 12.9. The molecule has 4 heterocycles. The number of halogens is 2. The van der Waals surface area contributed by atoms with E-state index < -0.39 is 18.0 Å². The summed E-state index contributed by atoms with van der Waals surface area (Å²) in [4.78, 5) is 25.2. The molecule has 5 rings (SSSR count). The standard InChI is InChI=1S/C20H19F2N5O3/c1-29-20-18-24-14(16-10-5-6-30-9-11(10)16)7-27(18)8-15(26-20)25-19(28)13-4-2-3-12(23-13)17(21)22/h2-4,7-8,10-11,16-17H,5-6,9H2,1H3,(H,25,28). The first-order valence-electron chi connectivity index (χ1n) is 9.63. The molecule has 156 valence electrons. The monoisotopic (exact) mass is 415 g/mol. The van der Waals surface area contributed by atoms with Crippen molar-refractivity contribution in [2.45, 2.75) is 18.8 Å². The lowest BCUT2D eigenvalue weighted by atomic mass is 10.2. The number of carbonyl (C=O) groups is 1. The number of nitrogens with zero attached hydrogens (tertiary/aromatic N) is 4. The number of hydrogen-bond donors (Lipinski definition) is 1. The Morgan fingerprint density at radius 1 is 1.27 bits per heavy atom. The van der Waals surface area contributed by atoms with Crippen LogP contribution in [0.25, 0.3) is 5.65 Å². The van der Waals surface area contributed by atoms with Gasteiger partial charge >= 0.3 is 0 Å². The number of nitrogens with one attached hydrogen (secondary N) is 1. The van der Waals surface area contributed by atoms with Gasteiger partial charge in [-0.1, -0.05) is 6.07 Å². The highest BCUT2D eigenvalue weighted by Crippen LogP contribution is 2.57. The average Bonchev–Trinajstić information content (AvgIpc) is 3.34. The second-order valence-corrected chi connectivity index (χ2v) is 7.45. The van der Waals surface area contributed by atoms with Crippen molar-refractivity contribution in [3.05, 3.63) is 47.7 Å². The molecule has 1 saturated heterocycles. The Labute approximate surface area is 170 Å². The highest BCUT2D eigenvalue weighted by atomic mass is 19.3. The van der Waals surface area contributed by atoms with E-state index in [4.69, 9.17) is 14.5 Å². The van der Waals surface area contributed by atoms with Gasteiger partial charge in [-0.25, -0.2) is 18.7 Å². The fraction of sp³-hybridized carbons (Fsp3) is 0.400. The molecular formula is C20H19F2N5O3. The van der Waals surface area contributed by atoms with Crippen LogP contribution in [0.15, 0.2) is 30.6 Å². The van der Waals surface area contributed by atoms with E-state index in [0.29, 0.717) is 23.4 Å². The Bertz CT molecular complexity index is 1110. The van der Waals surface area contributed by atoms with Crippen molar-refractivity contribution in [3.8, 4) is 5.88 Å². The van der Waals surface area contributed by atoms with Crippen molar-refractivity contribution in [1.82, 2.24) is 19.4 Å². The lowest BCUT2D eigenvalue weighted by Gasteiger charge is -2.08. The van der Waals surface area contributed by atoms with Crippen LogP contribution in [0.4, 0.5) is 14.6 Å². The summed E-state index contributed by atoms with van der Waals surface area (Å²) in [5.74, 6) is 1.26. The molecule has 2 aliphatic rings. The highest BCUT2D eigenvalue weighted by Gasteiger charge is 2.53. The molecule has 1 saturated carbocycles. The summed E-state index contributed by atoms with van der Waals surface area (Å²) in [5.41, 5.74) is 0.915. The van der Waals surface area contributed by atoms with Gasteiger partial charge in [0.1, 0.15) is 11.4 Å². The van der Waals surface area contributed by atoms with E-state index >= 15 is 0 Å². The van der Waals surface area contributed by atoms with Gasteiger partial charge in [0.25, 0.3) is 18.2 Å². The van der Waals surface area contributed by atoms with E-state index in [1.54, 1.807) is 10.6 Å². The SMILES string of the molecule is COc1nc(NC(=O)c2cccc(C(F)F)n2)cn2cc(C3C4CCOCC43)nc12. The molecule has 1 aliphatic carbocycles. The zero-order chi connectivity index (χ0) is 20.8. The quantitative estimate of drug-likeness (QED) is 0.689. The van der Waals surface area contributed by atoms with E-state index in [0.717, 1.165) is 25.3 Å². The first-order valence-corrected chi connectivity index (χ1v) is 9.63. The number of fused-ring (bicyclic) bond motifs is 2. The Morgan fingerprint density at radius 2 is 2.13 bits per heavy atom. The van der Waals surface area contributed by atoms with Gasteiger partial charge in [-0.2, -0.15) is 4.98 Å². The molecule has 3 aromatic rings.